The Balaban J connectivity index is 2.38. The Hall–Kier alpha value is -3.15. The second-order valence-corrected chi connectivity index (χ2v) is 4.31. The summed E-state index contributed by atoms with van der Waals surface area (Å²) in [6.45, 7) is 0. The second-order valence-electron chi connectivity index (χ2n) is 4.31. The Labute approximate surface area is 119 Å². The average molecular weight is 288 g/mol. The van der Waals surface area contributed by atoms with E-state index < -0.39 is 34.4 Å². The molecule has 0 aliphatic heterocycles. The lowest BCUT2D eigenvalue weighted by Crippen LogP contribution is -2.03. The van der Waals surface area contributed by atoms with Gasteiger partial charge in [-0.25, -0.2) is 0 Å². The Kier molecular flexibility index (Phi) is 3.71. The fourth-order valence-electron chi connectivity index (χ4n) is 1.75. The van der Waals surface area contributed by atoms with E-state index in [1.807, 2.05) is 0 Å². The van der Waals surface area contributed by atoms with E-state index in [0.29, 0.717) is 5.56 Å². The topological polar surface area (TPSA) is 118 Å². The van der Waals surface area contributed by atoms with Gasteiger partial charge in [0.15, 0.2) is 5.76 Å². The summed E-state index contributed by atoms with van der Waals surface area (Å²) in [6.07, 6.45) is 1.12. The van der Waals surface area contributed by atoms with Crippen LogP contribution in [0.25, 0.3) is 6.08 Å². The van der Waals surface area contributed by atoms with Crippen molar-refractivity contribution in [3.63, 3.8) is 0 Å². The molecule has 6 heteroatoms. The van der Waals surface area contributed by atoms with E-state index in [1.165, 1.54) is 24.3 Å². The number of phenolic OH excluding ortho intramolecular Hbond substituents is 4. The van der Waals surface area contributed by atoms with Gasteiger partial charge in [0.1, 0.15) is 28.6 Å². The molecule has 6 nitrogen and oxygen atoms in total. The Morgan fingerprint density at radius 3 is 1.90 bits per heavy atom. The molecule has 0 aliphatic rings. The van der Waals surface area contributed by atoms with E-state index in [1.54, 1.807) is 0 Å². The van der Waals surface area contributed by atoms with Gasteiger partial charge in [0.25, 0.3) is 0 Å². The van der Waals surface area contributed by atoms with E-state index in [-0.39, 0.29) is 5.75 Å². The smallest absolute Gasteiger partial charge is 0.234 e. The molecule has 0 saturated carbocycles. The minimum atomic E-state index is -1.00. The molecule has 0 unspecified atom stereocenters. The zero-order valence-corrected chi connectivity index (χ0v) is 10.7. The summed E-state index contributed by atoms with van der Waals surface area (Å²) >= 11 is 0. The van der Waals surface area contributed by atoms with Crippen molar-refractivity contribution in [2.45, 2.75) is 0 Å². The van der Waals surface area contributed by atoms with Crippen molar-refractivity contribution in [1.82, 2.24) is 0 Å². The van der Waals surface area contributed by atoms with Crippen LogP contribution >= 0.6 is 0 Å². The number of phenols is 4. The summed E-state index contributed by atoms with van der Waals surface area (Å²) in [7, 11) is 0. The molecule has 0 saturated heterocycles. The van der Waals surface area contributed by atoms with Gasteiger partial charge in [-0.05, 0) is 23.8 Å². The Morgan fingerprint density at radius 2 is 1.38 bits per heavy atom. The first-order valence-electron chi connectivity index (χ1n) is 5.88. The van der Waals surface area contributed by atoms with Crippen LogP contribution in [0.1, 0.15) is 15.9 Å². The summed E-state index contributed by atoms with van der Waals surface area (Å²) in [5, 5.41) is 47.2. The van der Waals surface area contributed by atoms with Crippen LogP contribution in [0, 0.1) is 0 Å². The van der Waals surface area contributed by atoms with Crippen LogP contribution in [-0.2, 0) is 0 Å². The number of carbonyl (C=O) groups excluding carboxylic acids is 1. The van der Waals surface area contributed by atoms with Crippen LogP contribution in [0.3, 0.4) is 0 Å². The van der Waals surface area contributed by atoms with E-state index >= 15 is 0 Å². The standard InChI is InChI=1S/C15H12O6/c16-9-3-1-8(2-4-9)5-13(20)15(21)14-11(18)6-10(17)7-12(14)19/h1-7,16-20H/b13-5-. The van der Waals surface area contributed by atoms with Gasteiger partial charge in [-0.2, -0.15) is 0 Å². The first-order valence-corrected chi connectivity index (χ1v) is 5.88. The van der Waals surface area contributed by atoms with Gasteiger partial charge in [0.2, 0.25) is 5.78 Å². The fraction of sp³-hybridized carbons (Fsp3) is 0. The summed E-state index contributed by atoms with van der Waals surface area (Å²) in [4.78, 5) is 12.0. The quantitative estimate of drug-likeness (QED) is 0.336. The number of Topliss-reactive ketones (excluding diaryl/α,β-unsaturated/α-hetero) is 1. The van der Waals surface area contributed by atoms with Crippen LogP contribution < -0.4 is 0 Å². The van der Waals surface area contributed by atoms with Crippen molar-refractivity contribution in [1.29, 1.82) is 0 Å². The normalized spacial score (nSPS) is 11.3. The number of ketones is 1. The number of aliphatic hydroxyl groups is 1. The highest BCUT2D eigenvalue weighted by atomic mass is 16.3. The highest BCUT2D eigenvalue weighted by molar-refractivity contribution is 6.12. The SMILES string of the molecule is O=C(/C(O)=C/c1ccc(O)cc1)c1c(O)cc(O)cc1O. The molecule has 0 aliphatic carbocycles. The van der Waals surface area contributed by atoms with Crippen molar-refractivity contribution < 1.29 is 30.3 Å². The van der Waals surface area contributed by atoms with Gasteiger partial charge in [-0.1, -0.05) is 12.1 Å². The van der Waals surface area contributed by atoms with Crippen molar-refractivity contribution in [2.75, 3.05) is 0 Å². The zero-order chi connectivity index (χ0) is 15.6. The molecule has 2 aromatic rings. The maximum Gasteiger partial charge on any atom is 0.234 e. The molecule has 0 heterocycles. The minimum Gasteiger partial charge on any atom is -0.508 e. The zero-order valence-electron chi connectivity index (χ0n) is 10.7. The number of hydrogen-bond donors (Lipinski definition) is 5. The molecule has 108 valence electrons. The van der Waals surface area contributed by atoms with Crippen LogP contribution in [0.2, 0.25) is 0 Å². The Morgan fingerprint density at radius 1 is 0.857 bits per heavy atom. The number of benzene rings is 2. The van der Waals surface area contributed by atoms with Gasteiger partial charge in [-0.3, -0.25) is 4.79 Å². The largest absolute Gasteiger partial charge is 0.508 e. The van der Waals surface area contributed by atoms with Crippen LogP contribution in [0.5, 0.6) is 23.0 Å². The molecule has 0 fully saturated rings. The molecule has 0 bridgehead atoms. The van der Waals surface area contributed by atoms with Crippen molar-refractivity contribution in [3.8, 4) is 23.0 Å². The molecule has 0 spiro atoms. The summed E-state index contributed by atoms with van der Waals surface area (Å²) in [5.41, 5.74) is -0.0725. The lowest BCUT2D eigenvalue weighted by molar-refractivity contribution is 0.0975. The van der Waals surface area contributed by atoms with Crippen LogP contribution in [0.4, 0.5) is 0 Å². The molecule has 0 atom stereocenters. The third-order valence-corrected chi connectivity index (χ3v) is 2.74. The minimum absolute atomic E-state index is 0.0341. The third-order valence-electron chi connectivity index (χ3n) is 2.74. The lowest BCUT2D eigenvalue weighted by atomic mass is 10.0. The number of aromatic hydroxyl groups is 4. The number of rotatable bonds is 3. The van der Waals surface area contributed by atoms with E-state index in [0.717, 1.165) is 18.2 Å². The van der Waals surface area contributed by atoms with Gasteiger partial charge in [0.05, 0.1) is 0 Å². The molecule has 0 radical (unpaired) electrons. The third kappa shape index (κ3) is 3.06. The molecule has 5 N–H and O–H groups in total. The fourth-order valence-corrected chi connectivity index (χ4v) is 1.75. The van der Waals surface area contributed by atoms with E-state index in [4.69, 9.17) is 10.2 Å². The number of aliphatic hydroxyl groups excluding tert-OH is 1. The number of hydrogen-bond acceptors (Lipinski definition) is 6. The molecule has 0 aromatic heterocycles. The second kappa shape index (κ2) is 5.46. The van der Waals surface area contributed by atoms with Crippen molar-refractivity contribution in [3.05, 3.63) is 53.3 Å². The predicted octanol–water partition coefficient (Wildman–Crippen LogP) is 2.29. The van der Waals surface area contributed by atoms with Gasteiger partial charge in [-0.15, -0.1) is 0 Å². The lowest BCUT2D eigenvalue weighted by Gasteiger charge is -2.06. The molecule has 0 amide bonds. The first-order chi connectivity index (χ1) is 9.88. The highest BCUT2D eigenvalue weighted by Gasteiger charge is 2.21. The van der Waals surface area contributed by atoms with Crippen molar-refractivity contribution in [2.24, 2.45) is 0 Å². The highest BCUT2D eigenvalue weighted by Crippen LogP contribution is 2.33. The van der Waals surface area contributed by atoms with Crippen LogP contribution in [-0.4, -0.2) is 31.3 Å². The maximum atomic E-state index is 12.0. The van der Waals surface area contributed by atoms with Gasteiger partial charge in [0, 0.05) is 12.1 Å². The van der Waals surface area contributed by atoms with Gasteiger partial charge >= 0.3 is 0 Å². The maximum absolute atomic E-state index is 12.0. The first kappa shape index (κ1) is 14.3. The van der Waals surface area contributed by atoms with E-state index in [2.05, 4.69) is 0 Å². The van der Waals surface area contributed by atoms with Gasteiger partial charge < -0.3 is 25.5 Å². The monoisotopic (exact) mass is 288 g/mol. The molecular weight excluding hydrogens is 276 g/mol. The number of allylic oxidation sites excluding steroid dienone is 1. The molecule has 2 rings (SSSR count). The average Bonchev–Trinajstić information content (AvgIpc) is 2.40. The predicted molar refractivity (Wildman–Crippen MR) is 74.5 cm³/mol. The Bertz CT molecular complexity index is 692. The molecule has 21 heavy (non-hydrogen) atoms. The molecule has 2 aromatic carbocycles. The van der Waals surface area contributed by atoms with Crippen LogP contribution in [0.15, 0.2) is 42.2 Å². The summed E-state index contributed by atoms with van der Waals surface area (Å²) in [6, 6.07) is 7.44. The summed E-state index contributed by atoms with van der Waals surface area (Å²) in [5.74, 6) is -3.39. The van der Waals surface area contributed by atoms with E-state index in [9.17, 15) is 20.1 Å². The molecular formula is C15H12O6. The summed E-state index contributed by atoms with van der Waals surface area (Å²) < 4.78 is 0. The van der Waals surface area contributed by atoms with Crippen molar-refractivity contribution >= 4 is 11.9 Å². The number of carbonyl (C=O) groups is 1.